The van der Waals surface area contributed by atoms with Crippen LogP contribution >= 0.6 is 0 Å². The van der Waals surface area contributed by atoms with Crippen LogP contribution in [0.15, 0.2) is 0 Å². The highest BCUT2D eigenvalue weighted by molar-refractivity contribution is 5.70. The molecule has 0 atom stereocenters. The van der Waals surface area contributed by atoms with Gasteiger partial charge in [-0.3, -0.25) is 4.79 Å². The maximum absolute atomic E-state index is 11.7. The van der Waals surface area contributed by atoms with E-state index in [4.69, 9.17) is 10.5 Å². The smallest absolute Gasteiger partial charge is 0.306 e. The van der Waals surface area contributed by atoms with E-state index in [0.29, 0.717) is 6.42 Å². The first-order valence-electron chi connectivity index (χ1n) is 7.07. The lowest BCUT2D eigenvalue weighted by Crippen LogP contribution is -2.53. The number of methoxy groups -OCH3 is 1. The van der Waals surface area contributed by atoms with Crippen molar-refractivity contribution in [1.82, 2.24) is 0 Å². The molecule has 3 nitrogen and oxygen atoms in total. The number of carbonyl (C=O) groups excluding carboxylic acids is 1. The van der Waals surface area contributed by atoms with Crippen LogP contribution in [0, 0.1) is 17.3 Å². The lowest BCUT2D eigenvalue weighted by molar-refractivity contribution is -0.146. The third-order valence-corrected chi connectivity index (χ3v) is 5.01. The third kappa shape index (κ3) is 3.25. The van der Waals surface area contributed by atoms with E-state index in [0.717, 1.165) is 24.7 Å². The molecule has 1 saturated carbocycles. The highest BCUT2D eigenvalue weighted by atomic mass is 16.5. The summed E-state index contributed by atoms with van der Waals surface area (Å²) in [7, 11) is 1.46. The molecule has 0 aliphatic heterocycles. The minimum absolute atomic E-state index is 0.0918. The van der Waals surface area contributed by atoms with Crippen molar-refractivity contribution in [1.29, 1.82) is 0 Å². The van der Waals surface area contributed by atoms with Gasteiger partial charge in [0.05, 0.1) is 13.5 Å². The fourth-order valence-corrected chi connectivity index (χ4v) is 3.26. The van der Waals surface area contributed by atoms with Crippen LogP contribution in [0.3, 0.4) is 0 Å². The van der Waals surface area contributed by atoms with Gasteiger partial charge in [0.1, 0.15) is 0 Å². The van der Waals surface area contributed by atoms with Gasteiger partial charge in [-0.05, 0) is 56.8 Å². The third-order valence-electron chi connectivity index (χ3n) is 5.01. The van der Waals surface area contributed by atoms with Gasteiger partial charge in [0.15, 0.2) is 0 Å². The summed E-state index contributed by atoms with van der Waals surface area (Å²) < 4.78 is 4.85. The van der Waals surface area contributed by atoms with Crippen LogP contribution in [0.2, 0.25) is 0 Å². The largest absolute Gasteiger partial charge is 0.469 e. The fourth-order valence-electron chi connectivity index (χ4n) is 3.26. The molecule has 0 spiro atoms. The summed E-state index contributed by atoms with van der Waals surface area (Å²) in [5.41, 5.74) is 5.94. The van der Waals surface area contributed by atoms with Gasteiger partial charge in [-0.2, -0.15) is 0 Å². The number of nitrogens with two attached hydrogens (primary N) is 1. The second kappa shape index (κ2) is 5.60. The molecule has 106 valence electrons. The fraction of sp³-hybridized carbons (Fsp3) is 0.933. The predicted octanol–water partition coefficient (Wildman–Crippen LogP) is 3.12. The summed E-state index contributed by atoms with van der Waals surface area (Å²) >= 11 is 0. The topological polar surface area (TPSA) is 52.3 Å². The van der Waals surface area contributed by atoms with Crippen LogP contribution in [-0.2, 0) is 9.53 Å². The average Bonchev–Trinajstić information content (AvgIpc) is 2.28. The summed E-state index contributed by atoms with van der Waals surface area (Å²) in [4.78, 5) is 11.7. The van der Waals surface area contributed by atoms with Crippen LogP contribution in [0.25, 0.3) is 0 Å². The zero-order chi connectivity index (χ0) is 14.0. The van der Waals surface area contributed by atoms with Gasteiger partial charge < -0.3 is 10.5 Å². The van der Waals surface area contributed by atoms with E-state index in [1.165, 1.54) is 20.0 Å². The zero-order valence-corrected chi connectivity index (χ0v) is 12.6. The molecule has 0 bridgehead atoms. The van der Waals surface area contributed by atoms with Crippen molar-refractivity contribution < 1.29 is 9.53 Å². The second-order valence-corrected chi connectivity index (χ2v) is 6.84. The van der Waals surface area contributed by atoms with Crippen molar-refractivity contribution in [2.24, 2.45) is 23.0 Å². The molecule has 18 heavy (non-hydrogen) atoms. The average molecular weight is 255 g/mol. The number of ether oxygens (including phenoxy) is 1. The Kier molecular flexibility index (Phi) is 4.82. The second-order valence-electron chi connectivity index (χ2n) is 6.84. The summed E-state index contributed by atoms with van der Waals surface area (Å²) in [6.07, 6.45) is 4.88. The van der Waals surface area contributed by atoms with Crippen molar-refractivity contribution in [3.05, 3.63) is 0 Å². The summed E-state index contributed by atoms with van der Waals surface area (Å²) in [6.45, 7) is 8.66. The van der Waals surface area contributed by atoms with Crippen LogP contribution < -0.4 is 5.73 Å². The first-order chi connectivity index (χ1) is 8.22. The van der Waals surface area contributed by atoms with E-state index < -0.39 is 0 Å². The number of carbonyl (C=O) groups is 1. The van der Waals surface area contributed by atoms with Crippen LogP contribution in [0.1, 0.15) is 59.8 Å². The van der Waals surface area contributed by atoms with Gasteiger partial charge in [0.25, 0.3) is 0 Å². The van der Waals surface area contributed by atoms with Crippen molar-refractivity contribution in [3.63, 3.8) is 0 Å². The monoisotopic (exact) mass is 255 g/mol. The molecule has 3 heteroatoms. The summed E-state index contributed by atoms with van der Waals surface area (Å²) in [5.74, 6) is 1.37. The predicted molar refractivity (Wildman–Crippen MR) is 74.1 cm³/mol. The minimum Gasteiger partial charge on any atom is -0.469 e. The van der Waals surface area contributed by atoms with E-state index in [-0.39, 0.29) is 16.9 Å². The van der Waals surface area contributed by atoms with Gasteiger partial charge in [-0.1, -0.05) is 13.8 Å². The number of hydrogen-bond donors (Lipinski definition) is 1. The Morgan fingerprint density at radius 1 is 1.39 bits per heavy atom. The Labute approximate surface area is 111 Å². The minimum atomic E-state index is -0.330. The van der Waals surface area contributed by atoms with Crippen molar-refractivity contribution in [3.8, 4) is 0 Å². The molecule has 1 rings (SSSR count). The van der Waals surface area contributed by atoms with Gasteiger partial charge in [-0.15, -0.1) is 0 Å². The van der Waals surface area contributed by atoms with E-state index in [1.807, 2.05) is 13.8 Å². The first-order valence-corrected chi connectivity index (χ1v) is 7.07. The molecule has 0 saturated heterocycles. The Bertz CT molecular complexity index is 283. The lowest BCUT2D eigenvalue weighted by Gasteiger charge is -2.49. The molecule has 0 radical (unpaired) electrons. The molecule has 0 amide bonds. The van der Waals surface area contributed by atoms with Gasteiger partial charge in [0.2, 0.25) is 0 Å². The Hall–Kier alpha value is -0.570. The maximum atomic E-state index is 11.7. The number of rotatable bonds is 4. The first kappa shape index (κ1) is 15.5. The molecule has 0 aromatic heterocycles. The molecular formula is C15H29NO2. The summed E-state index contributed by atoms with van der Waals surface area (Å²) in [6, 6.07) is 0. The molecule has 1 aliphatic rings. The van der Waals surface area contributed by atoms with Crippen LogP contribution in [0.5, 0.6) is 0 Å². The van der Waals surface area contributed by atoms with Crippen LogP contribution in [-0.4, -0.2) is 18.6 Å². The molecule has 0 aromatic rings. The molecular weight excluding hydrogens is 226 g/mol. The van der Waals surface area contributed by atoms with Crippen molar-refractivity contribution in [2.45, 2.75) is 65.3 Å². The van der Waals surface area contributed by atoms with Gasteiger partial charge in [0, 0.05) is 5.54 Å². The molecule has 1 aliphatic carbocycles. The normalized spacial score (nSPS) is 29.4. The highest BCUT2D eigenvalue weighted by Crippen LogP contribution is 2.49. The van der Waals surface area contributed by atoms with Crippen LogP contribution in [0.4, 0.5) is 0 Å². The molecule has 0 heterocycles. The van der Waals surface area contributed by atoms with Crippen molar-refractivity contribution >= 4 is 5.97 Å². The Morgan fingerprint density at radius 2 is 1.89 bits per heavy atom. The molecule has 2 N–H and O–H groups in total. The Morgan fingerprint density at radius 3 is 2.22 bits per heavy atom. The van der Waals surface area contributed by atoms with E-state index in [2.05, 4.69) is 13.8 Å². The molecule has 0 unspecified atom stereocenters. The number of hydrogen-bond acceptors (Lipinski definition) is 3. The molecule has 1 fully saturated rings. The SMILES string of the molecule is COC(=O)CC1(C(C)(C)N)CCC(C(C)C)CC1. The van der Waals surface area contributed by atoms with E-state index in [9.17, 15) is 4.79 Å². The highest BCUT2D eigenvalue weighted by Gasteiger charge is 2.46. The quantitative estimate of drug-likeness (QED) is 0.785. The summed E-state index contributed by atoms with van der Waals surface area (Å²) in [5, 5.41) is 0. The van der Waals surface area contributed by atoms with Crippen molar-refractivity contribution in [2.75, 3.05) is 7.11 Å². The van der Waals surface area contributed by atoms with Gasteiger partial charge >= 0.3 is 5.97 Å². The van der Waals surface area contributed by atoms with Gasteiger partial charge in [-0.25, -0.2) is 0 Å². The molecule has 0 aromatic carbocycles. The van der Waals surface area contributed by atoms with E-state index in [1.54, 1.807) is 0 Å². The number of esters is 1. The lowest BCUT2D eigenvalue weighted by atomic mass is 9.58. The zero-order valence-electron chi connectivity index (χ0n) is 12.6. The van der Waals surface area contributed by atoms with E-state index >= 15 is 0 Å². The maximum Gasteiger partial charge on any atom is 0.306 e. The standard InChI is InChI=1S/C15H29NO2/c1-11(2)12-6-8-15(9-7-12,14(3,4)16)10-13(17)18-5/h11-12H,6-10,16H2,1-5H3. The Balaban J connectivity index is 2.80.